The van der Waals surface area contributed by atoms with Gasteiger partial charge in [0.25, 0.3) is 0 Å². The van der Waals surface area contributed by atoms with Crippen LogP contribution in [0.15, 0.2) is 18.3 Å². The molecule has 2 aromatic heterocycles. The zero-order valence-electron chi connectivity index (χ0n) is 21.3. The van der Waals surface area contributed by atoms with E-state index in [1.807, 2.05) is 16.0 Å². The van der Waals surface area contributed by atoms with Crippen molar-refractivity contribution < 1.29 is 9.59 Å². The van der Waals surface area contributed by atoms with Gasteiger partial charge in [-0.2, -0.15) is 5.10 Å². The first-order valence-electron chi connectivity index (χ1n) is 13.9. The van der Waals surface area contributed by atoms with Gasteiger partial charge in [-0.1, -0.05) is 13.8 Å². The van der Waals surface area contributed by atoms with Crippen LogP contribution in [0.25, 0.3) is 22.3 Å². The smallest absolute Gasteiger partial charge is 0.242 e. The normalized spacial score (nSPS) is 24.1. The van der Waals surface area contributed by atoms with Crippen molar-refractivity contribution in [2.45, 2.75) is 70.6 Å². The molecule has 2 aliphatic heterocycles. The first kappa shape index (κ1) is 22.1. The van der Waals surface area contributed by atoms with Crippen LogP contribution < -0.4 is 4.90 Å². The zero-order chi connectivity index (χ0) is 24.6. The third-order valence-corrected chi connectivity index (χ3v) is 9.79. The van der Waals surface area contributed by atoms with Gasteiger partial charge < -0.3 is 14.8 Å². The number of aryl methyl sites for hydroxylation is 2. The number of amides is 2. The molecular formula is C29H35N5O2. The van der Waals surface area contributed by atoms with Crippen molar-refractivity contribution in [1.29, 1.82) is 0 Å². The highest BCUT2D eigenvalue weighted by Gasteiger charge is 2.49. The van der Waals surface area contributed by atoms with E-state index >= 15 is 0 Å². The minimum atomic E-state index is -0.578. The molecule has 3 aromatic rings. The van der Waals surface area contributed by atoms with E-state index in [-0.39, 0.29) is 18.4 Å². The number of aromatic amines is 2. The van der Waals surface area contributed by atoms with E-state index in [0.717, 1.165) is 103 Å². The molecule has 2 aliphatic carbocycles. The first-order valence-corrected chi connectivity index (χ1v) is 13.9. The quantitative estimate of drug-likeness (QED) is 0.561. The number of anilines is 1. The molecule has 2 atom stereocenters. The number of nitrogens with zero attached hydrogens (tertiary/aromatic N) is 3. The van der Waals surface area contributed by atoms with Crippen LogP contribution in [-0.4, -0.2) is 51.5 Å². The van der Waals surface area contributed by atoms with Crippen molar-refractivity contribution in [1.82, 2.24) is 20.1 Å². The molecule has 36 heavy (non-hydrogen) atoms. The van der Waals surface area contributed by atoms with Crippen molar-refractivity contribution in [3.8, 4) is 11.4 Å². The standard InChI is InChI=1S/C29H35N5O2/c1-3-29(4-2)22-14-23-21(20-7-5-6-19-15-30-32-26(19)27(20)31-23)13-24(22)34(28(29)36)16-25(35)33-10-8-17-12-18(17)9-11-33/h13-15,17-18,31H,3-12,16H2,1-2H3,(H,30,32)/t17-,18?/m1/s1. The van der Waals surface area contributed by atoms with E-state index in [1.165, 1.54) is 17.5 Å². The number of hydrogen-bond acceptors (Lipinski definition) is 3. The molecule has 188 valence electrons. The van der Waals surface area contributed by atoms with Gasteiger partial charge in [-0.25, -0.2) is 0 Å². The van der Waals surface area contributed by atoms with Crippen LogP contribution in [0.4, 0.5) is 5.69 Å². The summed E-state index contributed by atoms with van der Waals surface area (Å²) >= 11 is 0. The Bertz CT molecular complexity index is 1370. The fourth-order valence-corrected chi connectivity index (χ4v) is 7.37. The maximum absolute atomic E-state index is 14.0. The van der Waals surface area contributed by atoms with Gasteiger partial charge in [0.1, 0.15) is 6.54 Å². The molecule has 1 saturated carbocycles. The lowest BCUT2D eigenvalue weighted by atomic mass is 9.76. The predicted octanol–water partition coefficient (Wildman–Crippen LogP) is 4.71. The Balaban J connectivity index is 1.31. The van der Waals surface area contributed by atoms with E-state index in [4.69, 9.17) is 0 Å². The Morgan fingerprint density at radius 2 is 1.89 bits per heavy atom. The number of nitrogens with one attached hydrogen (secondary N) is 2. The average molecular weight is 486 g/mol. The molecule has 7 rings (SSSR count). The van der Waals surface area contributed by atoms with Gasteiger partial charge in [-0.3, -0.25) is 14.7 Å². The van der Waals surface area contributed by atoms with Crippen molar-refractivity contribution in [3.63, 3.8) is 0 Å². The Morgan fingerprint density at radius 3 is 2.64 bits per heavy atom. The lowest BCUT2D eigenvalue weighted by Crippen LogP contribution is -2.46. The highest BCUT2D eigenvalue weighted by Crippen LogP contribution is 2.49. The summed E-state index contributed by atoms with van der Waals surface area (Å²) < 4.78 is 0. The van der Waals surface area contributed by atoms with Crippen molar-refractivity contribution in [2.75, 3.05) is 24.5 Å². The van der Waals surface area contributed by atoms with Crippen LogP contribution in [0.2, 0.25) is 0 Å². The third kappa shape index (κ3) is 3.07. The summed E-state index contributed by atoms with van der Waals surface area (Å²) in [5, 5.41) is 8.67. The molecule has 1 aromatic carbocycles. The minimum absolute atomic E-state index is 0.0862. The summed E-state index contributed by atoms with van der Waals surface area (Å²) in [6.07, 6.45) is 10.0. The van der Waals surface area contributed by atoms with Gasteiger partial charge in [0, 0.05) is 29.7 Å². The second-order valence-corrected chi connectivity index (χ2v) is 11.4. The van der Waals surface area contributed by atoms with Crippen LogP contribution >= 0.6 is 0 Å². The Hall–Kier alpha value is -3.09. The van der Waals surface area contributed by atoms with Gasteiger partial charge in [-0.05, 0) is 92.0 Å². The molecule has 4 aliphatic rings. The van der Waals surface area contributed by atoms with Crippen molar-refractivity contribution in [3.05, 3.63) is 35.0 Å². The molecule has 2 fully saturated rings. The SMILES string of the molecule is CCC1(CC)C(=O)N(CC(=O)N2CCC3C[C@H]3CC2)c2cc3c4c([nH]c3cc21)-c1[nH]ncc1CCC4. The molecular weight excluding hydrogens is 450 g/mol. The second kappa shape index (κ2) is 7.95. The first-order chi connectivity index (χ1) is 17.5. The Kier molecular flexibility index (Phi) is 4.89. The van der Waals surface area contributed by atoms with Gasteiger partial charge in [-0.15, -0.1) is 0 Å². The van der Waals surface area contributed by atoms with E-state index in [9.17, 15) is 9.59 Å². The second-order valence-electron chi connectivity index (χ2n) is 11.4. The van der Waals surface area contributed by atoms with Crippen LogP contribution in [0.3, 0.4) is 0 Å². The molecule has 1 saturated heterocycles. The van der Waals surface area contributed by atoms with E-state index in [2.05, 4.69) is 41.2 Å². The number of carbonyl (C=O) groups is 2. The van der Waals surface area contributed by atoms with E-state index < -0.39 is 5.41 Å². The molecule has 2 N–H and O–H groups in total. The number of benzene rings is 1. The average Bonchev–Trinajstić information content (AvgIpc) is 3.37. The molecule has 0 spiro atoms. The molecule has 4 heterocycles. The lowest BCUT2D eigenvalue weighted by molar-refractivity contribution is -0.132. The van der Waals surface area contributed by atoms with Crippen LogP contribution in [0.1, 0.15) is 69.1 Å². The van der Waals surface area contributed by atoms with Gasteiger partial charge in [0.05, 0.1) is 23.0 Å². The largest absolute Gasteiger partial charge is 0.353 e. The fraction of sp³-hybridized carbons (Fsp3) is 0.552. The summed E-state index contributed by atoms with van der Waals surface area (Å²) in [7, 11) is 0. The molecule has 7 heteroatoms. The summed E-state index contributed by atoms with van der Waals surface area (Å²) in [5.41, 5.74) is 7.22. The summed E-state index contributed by atoms with van der Waals surface area (Å²) in [6.45, 7) is 6.01. The highest BCUT2D eigenvalue weighted by molar-refractivity contribution is 6.13. The topological polar surface area (TPSA) is 85.1 Å². The molecule has 7 nitrogen and oxygen atoms in total. The number of likely N-dealkylation sites (tertiary alicyclic amines) is 1. The van der Waals surface area contributed by atoms with Crippen LogP contribution in [-0.2, 0) is 27.8 Å². The number of carbonyl (C=O) groups excluding carboxylic acids is 2. The van der Waals surface area contributed by atoms with Crippen molar-refractivity contribution in [2.24, 2.45) is 11.8 Å². The highest BCUT2D eigenvalue weighted by atomic mass is 16.2. The fourth-order valence-electron chi connectivity index (χ4n) is 7.37. The maximum Gasteiger partial charge on any atom is 0.242 e. The summed E-state index contributed by atoms with van der Waals surface area (Å²) in [6, 6.07) is 4.39. The number of H-pyrrole nitrogens is 2. The molecule has 0 bridgehead atoms. The monoisotopic (exact) mass is 485 g/mol. The van der Waals surface area contributed by atoms with Gasteiger partial charge in [0.15, 0.2) is 0 Å². The zero-order valence-corrected chi connectivity index (χ0v) is 21.3. The third-order valence-electron chi connectivity index (χ3n) is 9.79. The number of hydrogen-bond donors (Lipinski definition) is 2. The van der Waals surface area contributed by atoms with E-state index in [0.29, 0.717) is 0 Å². The van der Waals surface area contributed by atoms with Gasteiger partial charge >= 0.3 is 0 Å². The summed E-state index contributed by atoms with van der Waals surface area (Å²) in [4.78, 5) is 35.0. The lowest BCUT2D eigenvalue weighted by Gasteiger charge is -2.28. The van der Waals surface area contributed by atoms with Crippen LogP contribution in [0.5, 0.6) is 0 Å². The molecule has 1 unspecified atom stereocenters. The number of aromatic nitrogens is 3. The maximum atomic E-state index is 14.0. The van der Waals surface area contributed by atoms with E-state index in [1.54, 1.807) is 0 Å². The predicted molar refractivity (Wildman–Crippen MR) is 140 cm³/mol. The Labute approximate surface area is 211 Å². The number of rotatable bonds is 4. The van der Waals surface area contributed by atoms with Crippen molar-refractivity contribution >= 4 is 28.4 Å². The van der Waals surface area contributed by atoms with Gasteiger partial charge in [0.2, 0.25) is 11.8 Å². The van der Waals surface area contributed by atoms with Crippen LogP contribution in [0, 0.1) is 11.8 Å². The summed E-state index contributed by atoms with van der Waals surface area (Å²) in [5.74, 6) is 1.81. The minimum Gasteiger partial charge on any atom is -0.353 e. The Morgan fingerprint density at radius 1 is 1.11 bits per heavy atom. The number of fused-ring (bicyclic) bond motifs is 7. The molecule has 0 radical (unpaired) electrons. The molecule has 2 amide bonds.